The molecule has 0 spiro atoms. The fourth-order valence-corrected chi connectivity index (χ4v) is 2.33. The number of carbonyl (C=O) groups excluding carboxylic acids is 1. The summed E-state index contributed by atoms with van der Waals surface area (Å²) in [7, 11) is 0. The van der Waals surface area contributed by atoms with Gasteiger partial charge in [-0.05, 0) is 6.26 Å². The number of piperazine rings is 1. The molecule has 5 heteroatoms. The zero-order valence-corrected chi connectivity index (χ0v) is 9.53. The number of thioether (sulfide) groups is 1. The third-order valence-corrected chi connectivity index (χ3v) is 3.82. The molecule has 1 rings (SSSR count). The van der Waals surface area contributed by atoms with E-state index in [-0.39, 0.29) is 5.91 Å². The molecule has 1 aliphatic heterocycles. The van der Waals surface area contributed by atoms with Gasteiger partial charge in [-0.2, -0.15) is 24.4 Å². The summed E-state index contributed by atoms with van der Waals surface area (Å²) in [5.41, 5.74) is 0. The Bertz CT molecular complexity index is 174. The van der Waals surface area contributed by atoms with Crippen molar-refractivity contribution in [1.29, 1.82) is 0 Å². The molecular formula is C8H16N2OS2. The molecule has 13 heavy (non-hydrogen) atoms. The number of nitrogens with zero attached hydrogens (tertiary/aromatic N) is 1. The van der Waals surface area contributed by atoms with E-state index in [1.54, 1.807) is 11.8 Å². The van der Waals surface area contributed by atoms with Gasteiger partial charge >= 0.3 is 0 Å². The predicted octanol–water partition coefficient (Wildman–Crippen LogP) is 0.0796. The Labute approximate surface area is 89.0 Å². The van der Waals surface area contributed by atoms with Gasteiger partial charge < -0.3 is 10.2 Å². The molecule has 1 aliphatic rings. The fraction of sp³-hybridized carbons (Fsp3) is 0.875. The van der Waals surface area contributed by atoms with Crippen molar-refractivity contribution in [2.24, 2.45) is 0 Å². The van der Waals surface area contributed by atoms with Crippen LogP contribution in [0.3, 0.4) is 0 Å². The van der Waals surface area contributed by atoms with Crippen LogP contribution in [0.4, 0.5) is 0 Å². The van der Waals surface area contributed by atoms with E-state index in [4.69, 9.17) is 0 Å². The van der Waals surface area contributed by atoms with Crippen molar-refractivity contribution in [3.63, 3.8) is 0 Å². The van der Waals surface area contributed by atoms with Crippen LogP contribution in [0.1, 0.15) is 0 Å². The van der Waals surface area contributed by atoms with Gasteiger partial charge in [0.2, 0.25) is 5.91 Å². The molecule has 1 saturated heterocycles. The maximum absolute atomic E-state index is 11.4. The molecule has 3 nitrogen and oxygen atoms in total. The molecule has 0 saturated carbocycles. The molecule has 1 fully saturated rings. The van der Waals surface area contributed by atoms with Gasteiger partial charge in [0.15, 0.2) is 0 Å². The van der Waals surface area contributed by atoms with Crippen LogP contribution < -0.4 is 5.32 Å². The van der Waals surface area contributed by atoms with Gasteiger partial charge in [0, 0.05) is 30.6 Å². The molecule has 1 unspecified atom stereocenters. The number of rotatable bonds is 4. The normalized spacial score (nSPS) is 20.5. The first-order chi connectivity index (χ1) is 6.27. The van der Waals surface area contributed by atoms with Gasteiger partial charge in [-0.25, -0.2) is 0 Å². The van der Waals surface area contributed by atoms with E-state index in [0.717, 1.165) is 25.4 Å². The number of carbonyl (C=O) groups is 1. The second-order valence-corrected chi connectivity index (χ2v) is 4.56. The van der Waals surface area contributed by atoms with Crippen LogP contribution in [-0.2, 0) is 4.79 Å². The van der Waals surface area contributed by atoms with E-state index in [0.29, 0.717) is 11.8 Å². The number of hydrogen-bond donors (Lipinski definition) is 2. The van der Waals surface area contributed by atoms with Crippen molar-refractivity contribution in [3.05, 3.63) is 0 Å². The molecule has 1 atom stereocenters. The van der Waals surface area contributed by atoms with Crippen LogP contribution in [0.2, 0.25) is 0 Å². The molecule has 1 heterocycles. The van der Waals surface area contributed by atoms with Crippen molar-refractivity contribution in [1.82, 2.24) is 10.2 Å². The van der Waals surface area contributed by atoms with E-state index in [1.165, 1.54) is 0 Å². The van der Waals surface area contributed by atoms with Crippen molar-refractivity contribution in [2.75, 3.05) is 38.2 Å². The Morgan fingerprint density at radius 2 is 2.54 bits per heavy atom. The largest absolute Gasteiger partial charge is 0.339 e. The van der Waals surface area contributed by atoms with Gasteiger partial charge in [0.05, 0.1) is 6.54 Å². The minimum Gasteiger partial charge on any atom is -0.339 e. The molecule has 0 aromatic carbocycles. The Morgan fingerprint density at radius 3 is 3.08 bits per heavy atom. The van der Waals surface area contributed by atoms with Gasteiger partial charge in [-0.1, -0.05) is 0 Å². The minimum atomic E-state index is 0.215. The quantitative estimate of drug-likeness (QED) is 0.658. The topological polar surface area (TPSA) is 32.3 Å². The van der Waals surface area contributed by atoms with Gasteiger partial charge in [-0.3, -0.25) is 4.79 Å². The van der Waals surface area contributed by atoms with Crippen LogP contribution in [0.25, 0.3) is 0 Å². The highest BCUT2D eigenvalue weighted by atomic mass is 32.2. The lowest BCUT2D eigenvalue weighted by atomic mass is 10.3. The molecule has 0 aromatic heterocycles. The van der Waals surface area contributed by atoms with Crippen molar-refractivity contribution < 1.29 is 4.79 Å². The summed E-state index contributed by atoms with van der Waals surface area (Å²) in [6.45, 7) is 3.09. The van der Waals surface area contributed by atoms with Gasteiger partial charge in [0.25, 0.3) is 0 Å². The van der Waals surface area contributed by atoms with Crippen molar-refractivity contribution in [3.8, 4) is 0 Å². The van der Waals surface area contributed by atoms with Crippen molar-refractivity contribution >= 4 is 30.3 Å². The smallest absolute Gasteiger partial charge is 0.236 e. The van der Waals surface area contributed by atoms with E-state index in [9.17, 15) is 4.79 Å². The van der Waals surface area contributed by atoms with Gasteiger partial charge in [0.1, 0.15) is 0 Å². The lowest BCUT2D eigenvalue weighted by Crippen LogP contribution is -2.50. The van der Waals surface area contributed by atoms with E-state index >= 15 is 0 Å². The van der Waals surface area contributed by atoms with E-state index in [2.05, 4.69) is 24.2 Å². The molecule has 1 amide bonds. The van der Waals surface area contributed by atoms with Gasteiger partial charge in [-0.15, -0.1) is 0 Å². The molecule has 0 radical (unpaired) electrons. The van der Waals surface area contributed by atoms with Crippen molar-refractivity contribution in [2.45, 2.75) is 5.25 Å². The highest BCUT2D eigenvalue weighted by Gasteiger charge is 2.20. The van der Waals surface area contributed by atoms with Crippen LogP contribution in [0.5, 0.6) is 0 Å². The zero-order chi connectivity index (χ0) is 9.68. The number of nitrogens with one attached hydrogen (secondary N) is 1. The molecular weight excluding hydrogens is 204 g/mol. The monoisotopic (exact) mass is 220 g/mol. The number of amides is 1. The SMILES string of the molecule is CSC(CS)CN1CCNCC1=O. The molecule has 76 valence electrons. The van der Waals surface area contributed by atoms with Crippen LogP contribution in [-0.4, -0.2) is 54.2 Å². The molecule has 0 aliphatic carbocycles. The van der Waals surface area contributed by atoms with Crippen LogP contribution in [0.15, 0.2) is 0 Å². The maximum Gasteiger partial charge on any atom is 0.236 e. The summed E-state index contributed by atoms with van der Waals surface area (Å²) in [6.07, 6.45) is 2.06. The summed E-state index contributed by atoms with van der Waals surface area (Å²) >= 11 is 6.03. The number of hydrogen-bond acceptors (Lipinski definition) is 4. The summed E-state index contributed by atoms with van der Waals surface area (Å²) in [5.74, 6) is 1.05. The average Bonchev–Trinajstić information content (AvgIpc) is 2.17. The lowest BCUT2D eigenvalue weighted by molar-refractivity contribution is -0.131. The Hall–Kier alpha value is 0.130. The molecule has 0 bridgehead atoms. The van der Waals surface area contributed by atoms with E-state index < -0.39 is 0 Å². The standard InChI is InChI=1S/C8H16N2OS2/c1-13-7(6-12)5-10-3-2-9-4-8(10)11/h7,9,12H,2-6H2,1H3. The summed E-state index contributed by atoms with van der Waals surface area (Å²) in [6, 6.07) is 0. The average molecular weight is 220 g/mol. The first-order valence-corrected chi connectivity index (χ1v) is 6.32. The first-order valence-electron chi connectivity index (χ1n) is 4.40. The maximum atomic E-state index is 11.4. The zero-order valence-electron chi connectivity index (χ0n) is 7.82. The number of thiol groups is 1. The third-order valence-electron chi connectivity index (χ3n) is 2.15. The minimum absolute atomic E-state index is 0.215. The second-order valence-electron chi connectivity index (χ2n) is 3.06. The Kier molecular flexibility index (Phi) is 4.98. The predicted molar refractivity (Wildman–Crippen MR) is 60.6 cm³/mol. The first kappa shape index (κ1) is 11.2. The Morgan fingerprint density at radius 1 is 1.77 bits per heavy atom. The van der Waals surface area contributed by atoms with Crippen LogP contribution >= 0.6 is 24.4 Å². The molecule has 0 aromatic rings. The fourth-order valence-electron chi connectivity index (χ4n) is 1.29. The summed E-state index contributed by atoms with van der Waals surface area (Å²) in [5, 5.41) is 3.52. The summed E-state index contributed by atoms with van der Waals surface area (Å²) < 4.78 is 0. The third kappa shape index (κ3) is 3.40. The summed E-state index contributed by atoms with van der Waals surface area (Å²) in [4.78, 5) is 13.3. The highest BCUT2D eigenvalue weighted by Crippen LogP contribution is 2.10. The molecule has 1 N–H and O–H groups in total. The van der Waals surface area contributed by atoms with E-state index in [1.807, 2.05) is 4.90 Å². The second kappa shape index (κ2) is 5.78. The highest BCUT2D eigenvalue weighted by molar-refractivity contribution is 8.00. The Balaban J connectivity index is 2.36. The lowest BCUT2D eigenvalue weighted by Gasteiger charge is -2.29. The van der Waals surface area contributed by atoms with Crippen LogP contribution in [0, 0.1) is 0 Å².